The first-order valence-electron chi connectivity index (χ1n) is 21.7. The lowest BCUT2D eigenvalue weighted by atomic mass is 9.89. The van der Waals surface area contributed by atoms with E-state index in [1.165, 1.54) is 44.5 Å². The maximum atomic E-state index is 5.31. The summed E-state index contributed by atoms with van der Waals surface area (Å²) in [4.78, 5) is 14.9. The Bertz CT molecular complexity index is 3180. The van der Waals surface area contributed by atoms with Gasteiger partial charge in [-0.05, 0) is 122 Å². The molecule has 0 fully saturated rings. The number of rotatable bonds is 10. The highest BCUT2D eigenvalue weighted by Crippen LogP contribution is 2.48. The third kappa shape index (κ3) is 7.78. The molecule has 0 N–H and O–H groups in total. The van der Waals surface area contributed by atoms with Gasteiger partial charge in [0.25, 0.3) is 0 Å². The third-order valence-electron chi connectivity index (χ3n) is 12.4. The highest BCUT2D eigenvalue weighted by molar-refractivity contribution is 5.87. The predicted molar refractivity (Wildman–Crippen MR) is 260 cm³/mol. The molecule has 0 radical (unpaired) electrons. The number of pyridine rings is 1. The summed E-state index contributed by atoms with van der Waals surface area (Å²) < 4.78 is 0. The van der Waals surface area contributed by atoms with Crippen LogP contribution >= 0.6 is 0 Å². The number of aromatic nitrogens is 3. The molecule has 10 aromatic rings. The Kier molecular flexibility index (Phi) is 10.1. The monoisotopic (exact) mass is 805 g/mol. The standard InChI is InChI=1S/C60H43N3/c1-4-13-41(14-5-1)22-32-55-53-20-10-11-21-54(53)57-38-48(31-33-56(55)57)51-35-50(45-25-23-44(24-26-45)49-19-12-34-61-40-49)36-52(37-51)59-39-58(62-60(63-59)47-17-8-3-9-18-47)46-29-27-43(28-30-46)42-15-6-2-7-16-42/h1-21,23-31,33-40,55H,22,32H2. The normalized spacial score (nSPS) is 12.7. The van der Waals surface area contributed by atoms with Crippen molar-refractivity contribution >= 4 is 0 Å². The Morgan fingerprint density at radius 3 is 1.54 bits per heavy atom. The van der Waals surface area contributed by atoms with Gasteiger partial charge in [-0.2, -0.15) is 0 Å². The average Bonchev–Trinajstić information content (AvgIpc) is 3.69. The van der Waals surface area contributed by atoms with Crippen LogP contribution in [0.15, 0.2) is 231 Å². The molecule has 1 aliphatic carbocycles. The highest BCUT2D eigenvalue weighted by atomic mass is 14.9. The second kappa shape index (κ2) is 16.8. The van der Waals surface area contributed by atoms with Gasteiger partial charge in [-0.1, -0.05) is 182 Å². The number of nitrogens with zero attached hydrogens (tertiary/aromatic N) is 3. The van der Waals surface area contributed by atoms with Crippen molar-refractivity contribution in [3.63, 3.8) is 0 Å². The van der Waals surface area contributed by atoms with Gasteiger partial charge in [-0.15, -0.1) is 0 Å². The third-order valence-corrected chi connectivity index (χ3v) is 12.4. The average molecular weight is 806 g/mol. The van der Waals surface area contributed by atoms with Crippen LogP contribution in [0.4, 0.5) is 0 Å². The molecule has 0 aliphatic heterocycles. The van der Waals surface area contributed by atoms with Crippen molar-refractivity contribution in [3.05, 3.63) is 247 Å². The zero-order chi connectivity index (χ0) is 42.0. The van der Waals surface area contributed by atoms with Crippen molar-refractivity contribution in [1.29, 1.82) is 0 Å². The molecular weight excluding hydrogens is 763 g/mol. The SMILES string of the molecule is c1ccc(CCC2c3ccccc3-c3cc(-c4cc(-c5ccc(-c6cccnc6)cc5)cc(-c5cc(-c6ccc(-c7ccccc7)cc6)nc(-c6ccccc6)n5)c4)ccc32)cc1. The van der Waals surface area contributed by atoms with E-state index in [2.05, 4.69) is 199 Å². The Labute approximate surface area is 369 Å². The molecule has 11 rings (SSSR count). The first-order chi connectivity index (χ1) is 31.2. The van der Waals surface area contributed by atoms with Crippen LogP contribution in [0.1, 0.15) is 29.0 Å². The molecule has 63 heavy (non-hydrogen) atoms. The van der Waals surface area contributed by atoms with Crippen molar-refractivity contribution in [1.82, 2.24) is 15.0 Å². The van der Waals surface area contributed by atoms with E-state index in [0.29, 0.717) is 11.7 Å². The molecule has 298 valence electrons. The van der Waals surface area contributed by atoms with E-state index in [9.17, 15) is 0 Å². The summed E-state index contributed by atoms with van der Waals surface area (Å²) in [5.74, 6) is 1.04. The summed E-state index contributed by atoms with van der Waals surface area (Å²) in [6.07, 6.45) is 5.83. The predicted octanol–water partition coefficient (Wildman–Crippen LogP) is 15.3. The molecule has 3 nitrogen and oxygen atoms in total. The molecular formula is C60H43N3. The Hall–Kier alpha value is -8.01. The molecule has 0 spiro atoms. The van der Waals surface area contributed by atoms with Crippen LogP contribution in [0.2, 0.25) is 0 Å². The smallest absolute Gasteiger partial charge is 0.160 e. The maximum Gasteiger partial charge on any atom is 0.160 e. The lowest BCUT2D eigenvalue weighted by Gasteiger charge is -2.16. The molecule has 3 heteroatoms. The van der Waals surface area contributed by atoms with Crippen LogP contribution in [0.5, 0.6) is 0 Å². The molecule has 2 heterocycles. The van der Waals surface area contributed by atoms with Crippen LogP contribution < -0.4 is 0 Å². The first-order valence-corrected chi connectivity index (χ1v) is 21.7. The number of fused-ring (bicyclic) bond motifs is 3. The minimum Gasteiger partial charge on any atom is -0.264 e. The Morgan fingerprint density at radius 2 is 0.841 bits per heavy atom. The van der Waals surface area contributed by atoms with Gasteiger partial charge in [0.2, 0.25) is 0 Å². The summed E-state index contributed by atoms with van der Waals surface area (Å²) in [7, 11) is 0. The van der Waals surface area contributed by atoms with Crippen LogP contribution in [-0.2, 0) is 6.42 Å². The molecule has 8 aromatic carbocycles. The molecule has 0 saturated heterocycles. The Balaban J connectivity index is 1.04. The fourth-order valence-electron chi connectivity index (χ4n) is 9.17. The fourth-order valence-corrected chi connectivity index (χ4v) is 9.17. The second-order valence-corrected chi connectivity index (χ2v) is 16.4. The highest BCUT2D eigenvalue weighted by Gasteiger charge is 2.28. The molecule has 0 saturated carbocycles. The minimum atomic E-state index is 0.350. The molecule has 1 aliphatic rings. The molecule has 1 atom stereocenters. The van der Waals surface area contributed by atoms with Gasteiger partial charge in [0.1, 0.15) is 0 Å². The molecule has 2 aromatic heterocycles. The number of benzene rings is 8. The van der Waals surface area contributed by atoms with Crippen LogP contribution in [0.25, 0.3) is 89.5 Å². The van der Waals surface area contributed by atoms with Gasteiger partial charge in [-0.3, -0.25) is 4.98 Å². The van der Waals surface area contributed by atoms with Crippen molar-refractivity contribution in [2.45, 2.75) is 18.8 Å². The second-order valence-electron chi connectivity index (χ2n) is 16.4. The van der Waals surface area contributed by atoms with Gasteiger partial charge < -0.3 is 0 Å². The van der Waals surface area contributed by atoms with Crippen LogP contribution in [-0.4, -0.2) is 15.0 Å². The maximum absolute atomic E-state index is 5.31. The van der Waals surface area contributed by atoms with E-state index in [1.54, 1.807) is 0 Å². The van der Waals surface area contributed by atoms with E-state index in [1.807, 2.05) is 36.7 Å². The van der Waals surface area contributed by atoms with E-state index in [-0.39, 0.29) is 0 Å². The van der Waals surface area contributed by atoms with Crippen molar-refractivity contribution in [3.8, 4) is 89.5 Å². The van der Waals surface area contributed by atoms with E-state index in [0.717, 1.165) is 68.7 Å². The lowest BCUT2D eigenvalue weighted by molar-refractivity contribution is 0.729. The van der Waals surface area contributed by atoms with E-state index >= 15 is 0 Å². The molecule has 0 bridgehead atoms. The quantitative estimate of drug-likeness (QED) is 0.138. The van der Waals surface area contributed by atoms with E-state index < -0.39 is 0 Å². The summed E-state index contributed by atoms with van der Waals surface area (Å²) in [5, 5.41) is 0. The van der Waals surface area contributed by atoms with Gasteiger partial charge in [-0.25, -0.2) is 9.97 Å². The Morgan fingerprint density at radius 1 is 0.333 bits per heavy atom. The number of hydrogen-bond donors (Lipinski definition) is 0. The first kappa shape index (κ1) is 38.0. The fraction of sp³-hybridized carbons (Fsp3) is 0.0500. The van der Waals surface area contributed by atoms with Crippen molar-refractivity contribution < 1.29 is 0 Å². The number of aryl methyl sites for hydroxylation is 1. The topological polar surface area (TPSA) is 38.7 Å². The van der Waals surface area contributed by atoms with Crippen molar-refractivity contribution in [2.24, 2.45) is 0 Å². The summed E-state index contributed by atoms with van der Waals surface area (Å²) >= 11 is 0. The van der Waals surface area contributed by atoms with Gasteiger partial charge >= 0.3 is 0 Å². The van der Waals surface area contributed by atoms with Crippen molar-refractivity contribution in [2.75, 3.05) is 0 Å². The van der Waals surface area contributed by atoms with Crippen LogP contribution in [0.3, 0.4) is 0 Å². The molecule has 1 unspecified atom stereocenters. The van der Waals surface area contributed by atoms with Gasteiger partial charge in [0.05, 0.1) is 11.4 Å². The lowest BCUT2D eigenvalue weighted by Crippen LogP contribution is -1.99. The summed E-state index contributed by atoms with van der Waals surface area (Å²) in [6.45, 7) is 0. The summed E-state index contributed by atoms with van der Waals surface area (Å²) in [5.41, 5.74) is 20.8. The summed E-state index contributed by atoms with van der Waals surface area (Å²) in [6, 6.07) is 78.5. The molecule has 0 amide bonds. The van der Waals surface area contributed by atoms with Gasteiger partial charge in [0.15, 0.2) is 5.82 Å². The van der Waals surface area contributed by atoms with Gasteiger partial charge in [0, 0.05) is 35.0 Å². The number of hydrogen-bond acceptors (Lipinski definition) is 3. The zero-order valence-electron chi connectivity index (χ0n) is 34.8. The zero-order valence-corrected chi connectivity index (χ0v) is 34.8. The van der Waals surface area contributed by atoms with Crippen LogP contribution in [0, 0.1) is 0 Å². The van der Waals surface area contributed by atoms with E-state index in [4.69, 9.17) is 9.97 Å². The largest absolute Gasteiger partial charge is 0.264 e. The minimum absolute atomic E-state index is 0.350.